The van der Waals surface area contributed by atoms with Crippen LogP contribution >= 0.6 is 39.5 Å². The standard InChI is InChI=1S/C15H21BrFNS2/c1-2-5-18-14(15-10-19-6-7-20-15)9-11-8-12(16)3-4-13(11)17/h3-4,8,14-15,18H,2,5-7,9-10H2,1H3. The molecule has 1 heterocycles. The number of nitrogens with one attached hydrogen (secondary N) is 1. The van der Waals surface area contributed by atoms with Gasteiger partial charge in [-0.1, -0.05) is 22.9 Å². The van der Waals surface area contributed by atoms with Gasteiger partial charge in [0.05, 0.1) is 0 Å². The van der Waals surface area contributed by atoms with Gasteiger partial charge in [0.15, 0.2) is 0 Å². The van der Waals surface area contributed by atoms with Crippen molar-refractivity contribution >= 4 is 39.5 Å². The molecule has 0 amide bonds. The van der Waals surface area contributed by atoms with Crippen LogP contribution in [0.4, 0.5) is 4.39 Å². The summed E-state index contributed by atoms with van der Waals surface area (Å²) in [6.45, 7) is 3.18. The van der Waals surface area contributed by atoms with Gasteiger partial charge in [-0.15, -0.1) is 0 Å². The van der Waals surface area contributed by atoms with Crippen molar-refractivity contribution in [3.8, 4) is 0 Å². The molecule has 2 unspecified atom stereocenters. The number of thioether (sulfide) groups is 2. The van der Waals surface area contributed by atoms with Crippen molar-refractivity contribution in [1.82, 2.24) is 5.32 Å². The van der Waals surface area contributed by atoms with Gasteiger partial charge >= 0.3 is 0 Å². The highest BCUT2D eigenvalue weighted by molar-refractivity contribution is 9.10. The van der Waals surface area contributed by atoms with Crippen LogP contribution in [0.25, 0.3) is 0 Å². The van der Waals surface area contributed by atoms with Crippen LogP contribution < -0.4 is 5.32 Å². The number of hydrogen-bond donors (Lipinski definition) is 1. The molecule has 2 rings (SSSR count). The van der Waals surface area contributed by atoms with Crippen molar-refractivity contribution in [2.75, 3.05) is 23.8 Å². The Kier molecular flexibility index (Phi) is 7.22. The minimum Gasteiger partial charge on any atom is -0.313 e. The van der Waals surface area contributed by atoms with E-state index in [2.05, 4.69) is 28.2 Å². The minimum atomic E-state index is -0.0926. The van der Waals surface area contributed by atoms with Gasteiger partial charge in [0.2, 0.25) is 0 Å². The maximum absolute atomic E-state index is 14.0. The maximum atomic E-state index is 14.0. The number of benzene rings is 1. The van der Waals surface area contributed by atoms with Gasteiger partial charge in [-0.25, -0.2) is 4.39 Å². The average Bonchev–Trinajstić information content (AvgIpc) is 2.48. The van der Waals surface area contributed by atoms with Crippen LogP contribution in [0.2, 0.25) is 0 Å². The monoisotopic (exact) mass is 377 g/mol. The van der Waals surface area contributed by atoms with E-state index in [1.807, 2.05) is 29.6 Å². The molecule has 1 aromatic carbocycles. The van der Waals surface area contributed by atoms with E-state index in [0.29, 0.717) is 11.3 Å². The second kappa shape index (κ2) is 8.66. The summed E-state index contributed by atoms with van der Waals surface area (Å²) in [5.41, 5.74) is 0.809. The van der Waals surface area contributed by atoms with Crippen LogP contribution in [0.15, 0.2) is 22.7 Å². The van der Waals surface area contributed by atoms with E-state index in [9.17, 15) is 4.39 Å². The fraction of sp³-hybridized carbons (Fsp3) is 0.600. The lowest BCUT2D eigenvalue weighted by molar-refractivity contribution is 0.493. The lowest BCUT2D eigenvalue weighted by Crippen LogP contribution is -2.43. The van der Waals surface area contributed by atoms with E-state index in [-0.39, 0.29) is 5.82 Å². The zero-order chi connectivity index (χ0) is 14.4. The van der Waals surface area contributed by atoms with E-state index >= 15 is 0 Å². The number of rotatable bonds is 6. The molecule has 0 spiro atoms. The zero-order valence-electron chi connectivity index (χ0n) is 11.7. The molecule has 0 aromatic heterocycles. The molecule has 2 atom stereocenters. The third-order valence-electron chi connectivity index (χ3n) is 3.39. The van der Waals surface area contributed by atoms with Crippen molar-refractivity contribution in [2.24, 2.45) is 0 Å². The van der Waals surface area contributed by atoms with E-state index in [1.54, 1.807) is 12.1 Å². The SMILES string of the molecule is CCCNC(Cc1cc(Br)ccc1F)C1CSCCS1. The van der Waals surface area contributed by atoms with Crippen molar-refractivity contribution in [3.63, 3.8) is 0 Å². The Morgan fingerprint density at radius 3 is 3.00 bits per heavy atom. The maximum Gasteiger partial charge on any atom is 0.126 e. The zero-order valence-corrected chi connectivity index (χ0v) is 14.9. The van der Waals surface area contributed by atoms with Crippen LogP contribution in [0.3, 0.4) is 0 Å². The molecule has 1 aliphatic heterocycles. The first-order chi connectivity index (χ1) is 9.70. The average molecular weight is 378 g/mol. The van der Waals surface area contributed by atoms with Crippen LogP contribution in [-0.4, -0.2) is 35.1 Å². The highest BCUT2D eigenvalue weighted by atomic mass is 79.9. The molecule has 0 radical (unpaired) electrons. The van der Waals surface area contributed by atoms with E-state index in [0.717, 1.165) is 29.4 Å². The summed E-state index contributed by atoms with van der Waals surface area (Å²) < 4.78 is 14.9. The van der Waals surface area contributed by atoms with Crippen molar-refractivity contribution < 1.29 is 4.39 Å². The van der Waals surface area contributed by atoms with E-state index < -0.39 is 0 Å². The molecule has 1 saturated heterocycles. The lowest BCUT2D eigenvalue weighted by Gasteiger charge is -2.30. The fourth-order valence-electron chi connectivity index (χ4n) is 2.34. The molecule has 112 valence electrons. The van der Waals surface area contributed by atoms with Crippen LogP contribution in [-0.2, 0) is 6.42 Å². The molecule has 0 saturated carbocycles. The highest BCUT2D eigenvalue weighted by Gasteiger charge is 2.25. The lowest BCUT2D eigenvalue weighted by atomic mass is 10.0. The summed E-state index contributed by atoms with van der Waals surface area (Å²) in [5.74, 6) is 3.53. The molecule has 1 fully saturated rings. The first kappa shape index (κ1) is 16.7. The van der Waals surface area contributed by atoms with E-state index in [1.165, 1.54) is 17.3 Å². The van der Waals surface area contributed by atoms with Crippen molar-refractivity contribution in [3.05, 3.63) is 34.1 Å². The highest BCUT2D eigenvalue weighted by Crippen LogP contribution is 2.28. The Hall–Kier alpha value is 0.290. The Balaban J connectivity index is 2.07. The third-order valence-corrected chi connectivity index (χ3v) is 6.81. The fourth-order valence-corrected chi connectivity index (χ4v) is 5.64. The van der Waals surface area contributed by atoms with Gasteiger partial charge in [-0.3, -0.25) is 0 Å². The van der Waals surface area contributed by atoms with Crippen LogP contribution in [0.1, 0.15) is 18.9 Å². The quantitative estimate of drug-likeness (QED) is 0.791. The first-order valence-electron chi connectivity index (χ1n) is 7.07. The molecule has 0 bridgehead atoms. The summed E-state index contributed by atoms with van der Waals surface area (Å²) in [6, 6.07) is 5.59. The topological polar surface area (TPSA) is 12.0 Å². The predicted octanol–water partition coefficient (Wildman–Crippen LogP) is 4.35. The molecule has 1 N–H and O–H groups in total. The molecular formula is C15H21BrFNS2. The Morgan fingerprint density at radius 1 is 1.45 bits per heavy atom. The summed E-state index contributed by atoms with van der Waals surface area (Å²) in [4.78, 5) is 0. The minimum absolute atomic E-state index is 0.0926. The van der Waals surface area contributed by atoms with Gasteiger partial charge in [-0.05, 0) is 43.1 Å². The van der Waals surface area contributed by atoms with Gasteiger partial charge in [0.1, 0.15) is 5.82 Å². The van der Waals surface area contributed by atoms with Gasteiger partial charge in [-0.2, -0.15) is 23.5 Å². The van der Waals surface area contributed by atoms with Gasteiger partial charge < -0.3 is 5.32 Å². The second-order valence-corrected chi connectivity index (χ2v) is 8.40. The largest absolute Gasteiger partial charge is 0.313 e. The van der Waals surface area contributed by atoms with Crippen molar-refractivity contribution in [1.29, 1.82) is 0 Å². The number of hydrogen-bond acceptors (Lipinski definition) is 3. The first-order valence-corrected chi connectivity index (χ1v) is 10.1. The van der Waals surface area contributed by atoms with Gasteiger partial charge in [0.25, 0.3) is 0 Å². The summed E-state index contributed by atoms with van der Waals surface area (Å²) in [5, 5.41) is 4.20. The Bertz CT molecular complexity index is 424. The molecule has 1 aliphatic rings. The molecule has 20 heavy (non-hydrogen) atoms. The Morgan fingerprint density at radius 2 is 2.30 bits per heavy atom. The predicted molar refractivity (Wildman–Crippen MR) is 93.5 cm³/mol. The van der Waals surface area contributed by atoms with E-state index in [4.69, 9.17) is 0 Å². The molecule has 5 heteroatoms. The third kappa shape index (κ3) is 4.93. The second-order valence-electron chi connectivity index (χ2n) is 4.98. The normalized spacial score (nSPS) is 20.9. The number of halogens is 2. The molecular weight excluding hydrogens is 357 g/mol. The molecule has 1 aromatic rings. The molecule has 1 nitrogen and oxygen atoms in total. The summed E-state index contributed by atoms with van der Waals surface area (Å²) in [6.07, 6.45) is 1.88. The summed E-state index contributed by atoms with van der Waals surface area (Å²) in [7, 11) is 0. The molecule has 0 aliphatic carbocycles. The van der Waals surface area contributed by atoms with Crippen LogP contribution in [0, 0.1) is 5.82 Å². The van der Waals surface area contributed by atoms with Crippen molar-refractivity contribution in [2.45, 2.75) is 31.1 Å². The smallest absolute Gasteiger partial charge is 0.126 e. The van der Waals surface area contributed by atoms with Gasteiger partial charge in [0, 0.05) is 33.0 Å². The van der Waals surface area contributed by atoms with Crippen LogP contribution in [0.5, 0.6) is 0 Å². The summed E-state index contributed by atoms with van der Waals surface area (Å²) >= 11 is 7.49. The Labute approximate surface area is 138 Å².